The SMILES string of the molecule is Nc1ccc(SCc2nc(N)sc2Cl)cc1. The van der Waals surface area contributed by atoms with Crippen LogP contribution in [0.3, 0.4) is 0 Å². The minimum absolute atomic E-state index is 0.512. The molecule has 0 unspecified atom stereocenters. The Hall–Kier alpha value is -0.910. The second-order valence-corrected chi connectivity index (χ2v) is 5.81. The monoisotopic (exact) mass is 271 g/mol. The fourth-order valence-electron chi connectivity index (χ4n) is 1.16. The smallest absolute Gasteiger partial charge is 0.181 e. The molecule has 0 amide bonds. The lowest BCUT2D eigenvalue weighted by Crippen LogP contribution is -1.86. The second kappa shape index (κ2) is 4.95. The summed E-state index contributed by atoms with van der Waals surface area (Å²) in [5, 5.41) is 0.512. The van der Waals surface area contributed by atoms with Gasteiger partial charge in [0.2, 0.25) is 0 Å². The van der Waals surface area contributed by atoms with Gasteiger partial charge in [-0.15, -0.1) is 11.8 Å². The molecular weight excluding hydrogens is 262 g/mol. The molecule has 84 valence electrons. The number of anilines is 2. The zero-order valence-electron chi connectivity index (χ0n) is 8.31. The molecule has 4 N–H and O–H groups in total. The van der Waals surface area contributed by atoms with Crippen LogP contribution < -0.4 is 11.5 Å². The Morgan fingerprint density at radius 3 is 2.50 bits per heavy atom. The first-order valence-electron chi connectivity index (χ1n) is 4.54. The van der Waals surface area contributed by atoms with Crippen molar-refractivity contribution in [2.45, 2.75) is 10.6 Å². The molecule has 0 saturated heterocycles. The standard InChI is InChI=1S/C10H10ClN3S2/c11-9-8(14-10(13)16-9)5-15-7-3-1-6(12)2-4-7/h1-4H,5,12H2,(H2,13,14). The third-order valence-electron chi connectivity index (χ3n) is 1.92. The van der Waals surface area contributed by atoms with E-state index < -0.39 is 0 Å². The van der Waals surface area contributed by atoms with Gasteiger partial charge in [-0.25, -0.2) is 4.98 Å². The van der Waals surface area contributed by atoms with Crippen LogP contribution >= 0.6 is 34.7 Å². The normalized spacial score (nSPS) is 10.6. The van der Waals surface area contributed by atoms with Crippen molar-refractivity contribution in [1.82, 2.24) is 4.98 Å². The molecule has 1 aromatic heterocycles. The fourth-order valence-corrected chi connectivity index (χ4v) is 3.09. The molecule has 0 aliphatic carbocycles. The first-order chi connectivity index (χ1) is 7.65. The van der Waals surface area contributed by atoms with Gasteiger partial charge in [0, 0.05) is 16.3 Å². The molecular formula is C10H10ClN3S2. The molecule has 0 aliphatic rings. The summed E-state index contributed by atoms with van der Waals surface area (Å²) in [5.74, 6) is 0.719. The van der Waals surface area contributed by atoms with E-state index in [-0.39, 0.29) is 0 Å². The van der Waals surface area contributed by atoms with E-state index in [0.29, 0.717) is 9.47 Å². The van der Waals surface area contributed by atoms with Crippen molar-refractivity contribution >= 4 is 45.5 Å². The van der Waals surface area contributed by atoms with Crippen molar-refractivity contribution in [1.29, 1.82) is 0 Å². The Kier molecular flexibility index (Phi) is 3.58. The maximum Gasteiger partial charge on any atom is 0.181 e. The highest BCUT2D eigenvalue weighted by Gasteiger charge is 2.07. The van der Waals surface area contributed by atoms with E-state index in [0.717, 1.165) is 22.0 Å². The summed E-state index contributed by atoms with van der Waals surface area (Å²) >= 11 is 8.94. The lowest BCUT2D eigenvalue weighted by Gasteiger charge is -2.00. The number of hydrogen-bond donors (Lipinski definition) is 2. The lowest BCUT2D eigenvalue weighted by molar-refractivity contribution is 1.24. The van der Waals surface area contributed by atoms with Crippen LogP contribution in [0, 0.1) is 0 Å². The number of rotatable bonds is 3. The van der Waals surface area contributed by atoms with Crippen LogP contribution in [0.2, 0.25) is 4.34 Å². The number of nitrogen functional groups attached to an aromatic ring is 2. The van der Waals surface area contributed by atoms with Gasteiger partial charge in [-0.3, -0.25) is 0 Å². The van der Waals surface area contributed by atoms with Crippen LogP contribution in [0.25, 0.3) is 0 Å². The number of benzene rings is 1. The molecule has 16 heavy (non-hydrogen) atoms. The van der Waals surface area contributed by atoms with Crippen molar-refractivity contribution in [3.8, 4) is 0 Å². The molecule has 0 saturated carbocycles. The third-order valence-corrected chi connectivity index (χ3v) is 4.11. The van der Waals surface area contributed by atoms with Crippen molar-refractivity contribution in [2.24, 2.45) is 0 Å². The van der Waals surface area contributed by atoms with Crippen molar-refractivity contribution < 1.29 is 0 Å². The topological polar surface area (TPSA) is 64.9 Å². The third kappa shape index (κ3) is 2.81. The predicted molar refractivity (Wildman–Crippen MR) is 72.0 cm³/mol. The highest BCUT2D eigenvalue weighted by molar-refractivity contribution is 7.98. The Morgan fingerprint density at radius 2 is 1.94 bits per heavy atom. The predicted octanol–water partition coefficient (Wildman–Crippen LogP) is 3.25. The summed E-state index contributed by atoms with van der Waals surface area (Å²) in [5.41, 5.74) is 12.8. The van der Waals surface area contributed by atoms with E-state index in [4.69, 9.17) is 23.1 Å². The Bertz CT molecular complexity index is 481. The molecule has 6 heteroatoms. The zero-order chi connectivity index (χ0) is 11.5. The average Bonchev–Trinajstić information content (AvgIpc) is 2.57. The quantitative estimate of drug-likeness (QED) is 0.664. The van der Waals surface area contributed by atoms with Crippen LogP contribution in [0.4, 0.5) is 10.8 Å². The van der Waals surface area contributed by atoms with Crippen molar-refractivity contribution in [2.75, 3.05) is 11.5 Å². The average molecular weight is 272 g/mol. The van der Waals surface area contributed by atoms with Gasteiger partial charge < -0.3 is 11.5 Å². The van der Waals surface area contributed by atoms with E-state index in [1.54, 1.807) is 11.8 Å². The first-order valence-corrected chi connectivity index (χ1v) is 6.72. The summed E-state index contributed by atoms with van der Waals surface area (Å²) in [6.07, 6.45) is 0. The van der Waals surface area contributed by atoms with Crippen molar-refractivity contribution in [3.05, 3.63) is 34.3 Å². The molecule has 0 bridgehead atoms. The van der Waals surface area contributed by atoms with Gasteiger partial charge in [0.25, 0.3) is 0 Å². The largest absolute Gasteiger partial charge is 0.399 e. The number of nitrogens with zero attached hydrogens (tertiary/aromatic N) is 1. The van der Waals surface area contributed by atoms with Gasteiger partial charge in [0.05, 0.1) is 5.69 Å². The number of nitrogens with two attached hydrogens (primary N) is 2. The summed E-state index contributed by atoms with van der Waals surface area (Å²) < 4.78 is 0.667. The molecule has 0 aliphatic heterocycles. The van der Waals surface area contributed by atoms with Gasteiger partial charge in [0.15, 0.2) is 5.13 Å². The maximum atomic E-state index is 5.98. The van der Waals surface area contributed by atoms with Gasteiger partial charge in [-0.1, -0.05) is 22.9 Å². The highest BCUT2D eigenvalue weighted by Crippen LogP contribution is 2.31. The summed E-state index contributed by atoms with van der Waals surface area (Å²) in [7, 11) is 0. The molecule has 1 heterocycles. The second-order valence-electron chi connectivity index (χ2n) is 3.13. The summed E-state index contributed by atoms with van der Waals surface area (Å²) in [6.45, 7) is 0. The number of thioether (sulfide) groups is 1. The first kappa shape index (κ1) is 11.6. The lowest BCUT2D eigenvalue weighted by atomic mass is 10.3. The maximum absolute atomic E-state index is 5.98. The van der Waals surface area contributed by atoms with E-state index in [9.17, 15) is 0 Å². The van der Waals surface area contributed by atoms with E-state index in [1.807, 2.05) is 24.3 Å². The molecule has 0 atom stereocenters. The zero-order valence-corrected chi connectivity index (χ0v) is 10.7. The Labute approximate surface area is 107 Å². The van der Waals surface area contributed by atoms with E-state index >= 15 is 0 Å². The molecule has 2 aromatic rings. The van der Waals surface area contributed by atoms with Crippen LogP contribution in [-0.2, 0) is 5.75 Å². The Balaban J connectivity index is 2.02. The van der Waals surface area contributed by atoms with E-state index in [1.165, 1.54) is 11.3 Å². The van der Waals surface area contributed by atoms with Crippen LogP contribution in [0.5, 0.6) is 0 Å². The summed E-state index contributed by atoms with van der Waals surface area (Å²) in [4.78, 5) is 5.30. The molecule has 0 fully saturated rings. The number of thiazole rings is 1. The molecule has 0 spiro atoms. The van der Waals surface area contributed by atoms with Crippen LogP contribution in [-0.4, -0.2) is 4.98 Å². The number of aromatic nitrogens is 1. The fraction of sp³-hybridized carbons (Fsp3) is 0.100. The Morgan fingerprint density at radius 1 is 1.25 bits per heavy atom. The minimum Gasteiger partial charge on any atom is -0.399 e. The van der Waals surface area contributed by atoms with Gasteiger partial charge >= 0.3 is 0 Å². The highest BCUT2D eigenvalue weighted by atomic mass is 35.5. The molecule has 2 rings (SSSR count). The van der Waals surface area contributed by atoms with Crippen LogP contribution in [0.15, 0.2) is 29.2 Å². The van der Waals surface area contributed by atoms with Crippen LogP contribution in [0.1, 0.15) is 5.69 Å². The van der Waals surface area contributed by atoms with E-state index in [2.05, 4.69) is 4.98 Å². The molecule has 0 radical (unpaired) electrons. The van der Waals surface area contributed by atoms with Gasteiger partial charge in [-0.05, 0) is 24.3 Å². The number of halogens is 1. The minimum atomic E-state index is 0.512. The summed E-state index contributed by atoms with van der Waals surface area (Å²) in [6, 6.07) is 7.70. The number of hydrogen-bond acceptors (Lipinski definition) is 5. The van der Waals surface area contributed by atoms with Gasteiger partial charge in [0.1, 0.15) is 4.34 Å². The van der Waals surface area contributed by atoms with Crippen molar-refractivity contribution in [3.63, 3.8) is 0 Å². The molecule has 1 aromatic carbocycles. The molecule has 3 nitrogen and oxygen atoms in total. The van der Waals surface area contributed by atoms with Gasteiger partial charge in [-0.2, -0.15) is 0 Å².